The Morgan fingerprint density at radius 2 is 1.93 bits per heavy atom. The molecule has 1 aliphatic carbocycles. The second-order valence-corrected chi connectivity index (χ2v) is 8.31. The van der Waals surface area contributed by atoms with Crippen LogP contribution in [0.4, 0.5) is 0 Å². The molecule has 2 amide bonds. The fourth-order valence-electron chi connectivity index (χ4n) is 3.88. The predicted octanol–water partition coefficient (Wildman–Crippen LogP) is 3.95. The first-order chi connectivity index (χ1) is 13.4. The summed E-state index contributed by atoms with van der Waals surface area (Å²) in [7, 11) is 0. The minimum atomic E-state index is -0.0999. The fourth-order valence-corrected chi connectivity index (χ4v) is 4.19. The summed E-state index contributed by atoms with van der Waals surface area (Å²) < 4.78 is 0. The van der Waals surface area contributed by atoms with Gasteiger partial charge in [-0.25, -0.2) is 0 Å². The standard InChI is InChI=1S/C21H27Cl2N3O2/c1-15(24-17-4-2-3-5-17)26-13-12-25(11-10-21(26)28)20(27)9-7-16-6-8-18(22)19(23)14-16/h6-9,14-15,17,24H,2-5,10-13H2,1H3/b9-7+. The van der Waals surface area contributed by atoms with E-state index in [2.05, 4.69) is 5.32 Å². The third kappa shape index (κ3) is 5.49. The molecule has 3 rings (SSSR count). The highest BCUT2D eigenvalue weighted by Gasteiger charge is 2.28. The van der Waals surface area contributed by atoms with E-state index >= 15 is 0 Å². The van der Waals surface area contributed by atoms with Gasteiger partial charge in [-0.05, 0) is 43.5 Å². The summed E-state index contributed by atoms with van der Waals surface area (Å²) in [5, 5.41) is 4.51. The Hall–Kier alpha value is -1.56. The van der Waals surface area contributed by atoms with E-state index in [4.69, 9.17) is 23.2 Å². The van der Waals surface area contributed by atoms with Gasteiger partial charge < -0.3 is 9.80 Å². The van der Waals surface area contributed by atoms with E-state index < -0.39 is 0 Å². The highest BCUT2D eigenvalue weighted by Crippen LogP contribution is 2.23. The second-order valence-electron chi connectivity index (χ2n) is 7.49. The molecule has 1 heterocycles. The first kappa shape index (κ1) is 21.2. The molecule has 0 bridgehead atoms. The lowest BCUT2D eigenvalue weighted by atomic mass is 10.2. The van der Waals surface area contributed by atoms with Crippen molar-refractivity contribution in [3.63, 3.8) is 0 Å². The first-order valence-electron chi connectivity index (χ1n) is 9.91. The summed E-state index contributed by atoms with van der Waals surface area (Å²) in [6, 6.07) is 5.73. The van der Waals surface area contributed by atoms with Crippen molar-refractivity contribution in [1.82, 2.24) is 15.1 Å². The Kier molecular flexibility index (Phi) is 7.38. The lowest BCUT2D eigenvalue weighted by Gasteiger charge is -2.31. The quantitative estimate of drug-likeness (QED) is 0.729. The Balaban J connectivity index is 1.56. The lowest BCUT2D eigenvalue weighted by Crippen LogP contribution is -2.50. The average Bonchev–Trinajstić information content (AvgIpc) is 3.09. The second kappa shape index (κ2) is 9.77. The number of hydrogen-bond acceptors (Lipinski definition) is 3. The fraction of sp³-hybridized carbons (Fsp3) is 0.524. The van der Waals surface area contributed by atoms with Crippen molar-refractivity contribution in [3.8, 4) is 0 Å². The van der Waals surface area contributed by atoms with Crippen LogP contribution in [0.25, 0.3) is 6.08 Å². The number of hydrogen-bond donors (Lipinski definition) is 1. The van der Waals surface area contributed by atoms with Crippen LogP contribution in [0, 0.1) is 0 Å². The van der Waals surface area contributed by atoms with E-state index in [-0.39, 0.29) is 18.0 Å². The molecule has 1 unspecified atom stereocenters. The van der Waals surface area contributed by atoms with E-state index in [0.29, 0.717) is 42.1 Å². The highest BCUT2D eigenvalue weighted by atomic mass is 35.5. The maximum Gasteiger partial charge on any atom is 0.246 e. The van der Waals surface area contributed by atoms with E-state index in [0.717, 1.165) is 5.56 Å². The lowest BCUT2D eigenvalue weighted by molar-refractivity contribution is -0.133. The Bertz CT molecular complexity index is 747. The van der Waals surface area contributed by atoms with Crippen molar-refractivity contribution in [2.75, 3.05) is 19.6 Å². The van der Waals surface area contributed by atoms with Gasteiger partial charge in [0, 0.05) is 38.2 Å². The molecular formula is C21H27Cl2N3O2. The van der Waals surface area contributed by atoms with Gasteiger partial charge in [0.1, 0.15) is 0 Å². The molecule has 1 aromatic rings. The van der Waals surface area contributed by atoms with Crippen molar-refractivity contribution in [2.24, 2.45) is 0 Å². The van der Waals surface area contributed by atoms with Gasteiger partial charge in [-0.1, -0.05) is 42.1 Å². The predicted molar refractivity (Wildman–Crippen MR) is 113 cm³/mol. The molecule has 1 aliphatic heterocycles. The van der Waals surface area contributed by atoms with Gasteiger partial charge in [-0.15, -0.1) is 0 Å². The third-order valence-corrected chi connectivity index (χ3v) is 6.24. The number of nitrogens with one attached hydrogen (secondary N) is 1. The number of amides is 2. The van der Waals surface area contributed by atoms with Crippen molar-refractivity contribution >= 4 is 41.1 Å². The van der Waals surface area contributed by atoms with E-state index in [1.807, 2.05) is 17.9 Å². The van der Waals surface area contributed by atoms with Crippen molar-refractivity contribution in [1.29, 1.82) is 0 Å². The van der Waals surface area contributed by atoms with E-state index in [9.17, 15) is 9.59 Å². The summed E-state index contributed by atoms with van der Waals surface area (Å²) >= 11 is 11.9. The minimum Gasteiger partial charge on any atom is -0.337 e. The van der Waals surface area contributed by atoms with Crippen LogP contribution in [-0.4, -0.2) is 53.5 Å². The summed E-state index contributed by atoms with van der Waals surface area (Å²) in [6.07, 6.45) is 8.46. The molecule has 1 aromatic carbocycles. The monoisotopic (exact) mass is 423 g/mol. The van der Waals surface area contributed by atoms with Crippen molar-refractivity contribution in [3.05, 3.63) is 39.9 Å². The van der Waals surface area contributed by atoms with Crippen LogP contribution >= 0.6 is 23.2 Å². The zero-order chi connectivity index (χ0) is 20.1. The normalized spacial score (nSPS) is 20.0. The first-order valence-corrected chi connectivity index (χ1v) is 10.7. The Morgan fingerprint density at radius 3 is 2.64 bits per heavy atom. The summed E-state index contributed by atoms with van der Waals surface area (Å²) in [5.74, 6) is -0.00103. The van der Waals surface area contributed by atoms with Gasteiger partial charge >= 0.3 is 0 Å². The molecule has 2 fully saturated rings. The van der Waals surface area contributed by atoms with Crippen LogP contribution in [0.15, 0.2) is 24.3 Å². The molecule has 0 aromatic heterocycles. The number of carbonyl (C=O) groups is 2. The van der Waals surface area contributed by atoms with Crippen LogP contribution in [0.1, 0.15) is 44.6 Å². The summed E-state index contributed by atoms with van der Waals surface area (Å²) in [4.78, 5) is 28.7. The van der Waals surface area contributed by atoms with Crippen LogP contribution < -0.4 is 5.32 Å². The van der Waals surface area contributed by atoms with Gasteiger partial charge in [0.2, 0.25) is 11.8 Å². The number of rotatable bonds is 5. The molecule has 2 aliphatic rings. The number of carbonyl (C=O) groups excluding carboxylic acids is 2. The number of halogens is 2. The maximum absolute atomic E-state index is 12.6. The smallest absolute Gasteiger partial charge is 0.246 e. The van der Waals surface area contributed by atoms with Crippen LogP contribution in [-0.2, 0) is 9.59 Å². The Labute approximate surface area is 176 Å². The molecular weight excluding hydrogens is 397 g/mol. The van der Waals surface area contributed by atoms with Crippen molar-refractivity contribution in [2.45, 2.75) is 51.2 Å². The molecule has 7 heteroatoms. The van der Waals surface area contributed by atoms with Crippen LogP contribution in [0.5, 0.6) is 0 Å². The molecule has 0 radical (unpaired) electrons. The van der Waals surface area contributed by atoms with Gasteiger partial charge in [0.15, 0.2) is 0 Å². The zero-order valence-corrected chi connectivity index (χ0v) is 17.7. The van der Waals surface area contributed by atoms with Crippen LogP contribution in [0.3, 0.4) is 0 Å². The summed E-state index contributed by atoms with van der Waals surface area (Å²) in [6.45, 7) is 3.56. The van der Waals surface area contributed by atoms with Gasteiger partial charge in [-0.3, -0.25) is 14.9 Å². The molecule has 1 atom stereocenters. The number of nitrogens with zero attached hydrogens (tertiary/aromatic N) is 2. The maximum atomic E-state index is 12.6. The summed E-state index contributed by atoms with van der Waals surface area (Å²) in [5.41, 5.74) is 0.810. The van der Waals surface area contributed by atoms with E-state index in [1.165, 1.54) is 31.8 Å². The minimum absolute atomic E-state index is 0.00240. The molecule has 0 spiro atoms. The topological polar surface area (TPSA) is 52.6 Å². The van der Waals surface area contributed by atoms with Gasteiger partial charge in [0.05, 0.1) is 16.2 Å². The molecule has 152 valence electrons. The van der Waals surface area contributed by atoms with Gasteiger partial charge in [0.25, 0.3) is 0 Å². The van der Waals surface area contributed by atoms with E-state index in [1.54, 1.807) is 23.1 Å². The zero-order valence-electron chi connectivity index (χ0n) is 16.2. The molecule has 1 saturated heterocycles. The average molecular weight is 424 g/mol. The largest absolute Gasteiger partial charge is 0.337 e. The Morgan fingerprint density at radius 1 is 1.18 bits per heavy atom. The van der Waals surface area contributed by atoms with Crippen LogP contribution in [0.2, 0.25) is 10.0 Å². The van der Waals surface area contributed by atoms with Crippen molar-refractivity contribution < 1.29 is 9.59 Å². The molecule has 1 saturated carbocycles. The SMILES string of the molecule is CC(NC1CCCC1)N1CCN(C(=O)/C=C/c2ccc(Cl)c(Cl)c2)CCC1=O. The number of benzene rings is 1. The third-order valence-electron chi connectivity index (χ3n) is 5.50. The van der Waals surface area contributed by atoms with Gasteiger partial charge in [-0.2, -0.15) is 0 Å². The highest BCUT2D eigenvalue weighted by molar-refractivity contribution is 6.42. The molecule has 1 N–H and O–H groups in total. The molecule has 5 nitrogen and oxygen atoms in total. The molecule has 28 heavy (non-hydrogen) atoms.